The first-order valence-electron chi connectivity index (χ1n) is 4.96. The van der Waals surface area contributed by atoms with Crippen LogP contribution in [0.2, 0.25) is 0 Å². The van der Waals surface area contributed by atoms with Crippen molar-refractivity contribution in [2.24, 2.45) is 0 Å². The number of methoxy groups -OCH3 is 1. The van der Waals surface area contributed by atoms with Gasteiger partial charge in [0.25, 0.3) is 0 Å². The average molecular weight is 230 g/mol. The molecule has 0 aliphatic rings. The molecule has 86 valence electrons. The fourth-order valence-electron chi connectivity index (χ4n) is 1.60. The van der Waals surface area contributed by atoms with Crippen molar-refractivity contribution in [1.29, 1.82) is 0 Å². The van der Waals surface area contributed by atoms with Gasteiger partial charge in [-0.2, -0.15) is 0 Å². The lowest BCUT2D eigenvalue weighted by Crippen LogP contribution is -1.97. The lowest BCUT2D eigenvalue weighted by molar-refractivity contribution is -0.385. The minimum atomic E-state index is -0.456. The van der Waals surface area contributed by atoms with Crippen molar-refractivity contribution in [3.63, 3.8) is 0 Å². The van der Waals surface area contributed by atoms with Crippen LogP contribution in [-0.2, 0) is 0 Å². The van der Waals surface area contributed by atoms with E-state index in [0.717, 1.165) is 5.56 Å². The standard InChI is InChI=1S/C12H10N2O3/c1-17-11-8-13-7-10(12(11)14(15)16)9-5-3-2-4-6-9/h2-8H,1H3. The Kier molecular flexibility index (Phi) is 3.00. The molecule has 1 heterocycles. The highest BCUT2D eigenvalue weighted by Gasteiger charge is 2.21. The quantitative estimate of drug-likeness (QED) is 0.600. The van der Waals surface area contributed by atoms with Crippen molar-refractivity contribution in [1.82, 2.24) is 4.98 Å². The fraction of sp³-hybridized carbons (Fsp3) is 0.0833. The summed E-state index contributed by atoms with van der Waals surface area (Å²) in [6.45, 7) is 0. The van der Waals surface area contributed by atoms with Crippen LogP contribution in [0.3, 0.4) is 0 Å². The number of nitrogens with zero attached hydrogens (tertiary/aromatic N) is 2. The van der Waals surface area contributed by atoms with Gasteiger partial charge in [0.2, 0.25) is 5.75 Å². The molecule has 0 saturated carbocycles. The topological polar surface area (TPSA) is 65.3 Å². The smallest absolute Gasteiger partial charge is 0.321 e. The van der Waals surface area contributed by atoms with E-state index in [1.54, 1.807) is 12.1 Å². The summed E-state index contributed by atoms with van der Waals surface area (Å²) >= 11 is 0. The van der Waals surface area contributed by atoms with Gasteiger partial charge in [-0.25, -0.2) is 0 Å². The minimum Gasteiger partial charge on any atom is -0.489 e. The third-order valence-electron chi connectivity index (χ3n) is 2.37. The van der Waals surface area contributed by atoms with Gasteiger partial charge < -0.3 is 4.74 Å². The van der Waals surface area contributed by atoms with Crippen LogP contribution in [0.15, 0.2) is 42.7 Å². The highest BCUT2D eigenvalue weighted by molar-refractivity contribution is 5.76. The summed E-state index contributed by atoms with van der Waals surface area (Å²) in [6, 6.07) is 9.08. The third kappa shape index (κ3) is 2.08. The zero-order valence-corrected chi connectivity index (χ0v) is 9.16. The molecule has 1 aromatic heterocycles. The van der Waals surface area contributed by atoms with Crippen molar-refractivity contribution < 1.29 is 9.66 Å². The van der Waals surface area contributed by atoms with Gasteiger partial charge in [0, 0.05) is 6.20 Å². The first-order chi connectivity index (χ1) is 8.24. The number of rotatable bonds is 3. The SMILES string of the molecule is COc1cncc(-c2ccccc2)c1[N+](=O)[O-]. The first kappa shape index (κ1) is 11.1. The Morgan fingerprint density at radius 3 is 2.53 bits per heavy atom. The number of pyridine rings is 1. The minimum absolute atomic E-state index is 0.0614. The van der Waals surface area contributed by atoms with Gasteiger partial charge in [0.15, 0.2) is 0 Å². The molecule has 0 N–H and O–H groups in total. The lowest BCUT2D eigenvalue weighted by Gasteiger charge is -2.06. The Morgan fingerprint density at radius 2 is 1.94 bits per heavy atom. The largest absolute Gasteiger partial charge is 0.489 e. The molecule has 5 heteroatoms. The molecule has 0 aliphatic carbocycles. The summed E-state index contributed by atoms with van der Waals surface area (Å²) < 4.78 is 4.96. The molecule has 0 saturated heterocycles. The van der Waals surface area contributed by atoms with E-state index in [-0.39, 0.29) is 11.4 Å². The molecule has 1 aromatic carbocycles. The Bertz CT molecular complexity index is 541. The molecule has 0 spiro atoms. The number of nitro groups is 1. The zero-order chi connectivity index (χ0) is 12.3. The van der Waals surface area contributed by atoms with Crippen LogP contribution in [0.4, 0.5) is 5.69 Å². The van der Waals surface area contributed by atoms with Crippen molar-refractivity contribution in [3.05, 3.63) is 52.8 Å². The van der Waals surface area contributed by atoms with E-state index in [2.05, 4.69) is 4.98 Å². The van der Waals surface area contributed by atoms with Crippen LogP contribution in [0, 0.1) is 10.1 Å². The zero-order valence-electron chi connectivity index (χ0n) is 9.16. The van der Waals surface area contributed by atoms with Gasteiger partial charge in [-0.05, 0) is 5.56 Å². The van der Waals surface area contributed by atoms with E-state index in [9.17, 15) is 10.1 Å². The molecule has 0 aliphatic heterocycles. The molecule has 17 heavy (non-hydrogen) atoms. The van der Waals surface area contributed by atoms with E-state index >= 15 is 0 Å². The van der Waals surface area contributed by atoms with Gasteiger partial charge in [-0.1, -0.05) is 30.3 Å². The Hall–Kier alpha value is -2.43. The Labute approximate surface area is 97.8 Å². The van der Waals surface area contributed by atoms with Crippen LogP contribution in [-0.4, -0.2) is 17.0 Å². The lowest BCUT2D eigenvalue weighted by atomic mass is 10.1. The second kappa shape index (κ2) is 4.61. The van der Waals surface area contributed by atoms with E-state index in [4.69, 9.17) is 4.74 Å². The normalized spacial score (nSPS) is 9.94. The second-order valence-electron chi connectivity index (χ2n) is 3.36. The third-order valence-corrected chi connectivity index (χ3v) is 2.37. The maximum atomic E-state index is 11.1. The van der Waals surface area contributed by atoms with Gasteiger partial charge >= 0.3 is 5.69 Å². The van der Waals surface area contributed by atoms with Crippen LogP contribution in [0.25, 0.3) is 11.1 Å². The maximum absolute atomic E-state index is 11.1. The van der Waals surface area contributed by atoms with Gasteiger partial charge in [0.1, 0.15) is 0 Å². The highest BCUT2D eigenvalue weighted by Crippen LogP contribution is 2.36. The average Bonchev–Trinajstić information content (AvgIpc) is 2.38. The molecule has 0 amide bonds. The molecule has 5 nitrogen and oxygen atoms in total. The van der Waals surface area contributed by atoms with Crippen molar-refractivity contribution >= 4 is 5.69 Å². The summed E-state index contributed by atoms with van der Waals surface area (Å²) in [4.78, 5) is 14.6. The number of hydrogen-bond acceptors (Lipinski definition) is 4. The van der Waals surface area contributed by atoms with Crippen molar-refractivity contribution in [3.8, 4) is 16.9 Å². The van der Waals surface area contributed by atoms with E-state index in [1.807, 2.05) is 18.2 Å². The summed E-state index contributed by atoms with van der Waals surface area (Å²) in [7, 11) is 1.39. The summed E-state index contributed by atoms with van der Waals surface area (Å²) in [5.74, 6) is 0.163. The van der Waals surface area contributed by atoms with Crippen LogP contribution >= 0.6 is 0 Å². The van der Waals surface area contributed by atoms with Crippen LogP contribution < -0.4 is 4.74 Å². The molecule has 0 atom stereocenters. The van der Waals surface area contributed by atoms with Crippen LogP contribution in [0.1, 0.15) is 0 Å². The fourth-order valence-corrected chi connectivity index (χ4v) is 1.60. The van der Waals surface area contributed by atoms with E-state index in [0.29, 0.717) is 5.56 Å². The summed E-state index contributed by atoms with van der Waals surface area (Å²) in [5.41, 5.74) is 1.13. The Morgan fingerprint density at radius 1 is 1.24 bits per heavy atom. The first-order valence-corrected chi connectivity index (χ1v) is 4.96. The Balaban J connectivity index is 2.66. The summed E-state index contributed by atoms with van der Waals surface area (Å²) in [5, 5.41) is 11.1. The number of benzene rings is 1. The van der Waals surface area contributed by atoms with Gasteiger partial charge in [-0.3, -0.25) is 15.1 Å². The van der Waals surface area contributed by atoms with E-state index < -0.39 is 4.92 Å². The predicted octanol–water partition coefficient (Wildman–Crippen LogP) is 2.67. The highest BCUT2D eigenvalue weighted by atomic mass is 16.6. The van der Waals surface area contributed by atoms with Crippen molar-refractivity contribution in [2.75, 3.05) is 7.11 Å². The van der Waals surface area contributed by atoms with Gasteiger partial charge in [-0.15, -0.1) is 0 Å². The molecule has 0 bridgehead atoms. The molecular weight excluding hydrogens is 220 g/mol. The molecule has 0 fully saturated rings. The molecule has 0 radical (unpaired) electrons. The van der Waals surface area contributed by atoms with Gasteiger partial charge in [0.05, 0.1) is 23.8 Å². The molecule has 0 unspecified atom stereocenters. The molecule has 2 aromatic rings. The number of ether oxygens (including phenoxy) is 1. The molecular formula is C12H10N2O3. The second-order valence-corrected chi connectivity index (χ2v) is 3.36. The monoisotopic (exact) mass is 230 g/mol. The summed E-state index contributed by atoms with van der Waals surface area (Å²) in [6.07, 6.45) is 2.81. The predicted molar refractivity (Wildman–Crippen MR) is 62.9 cm³/mol. The van der Waals surface area contributed by atoms with Crippen molar-refractivity contribution in [2.45, 2.75) is 0 Å². The van der Waals surface area contributed by atoms with E-state index in [1.165, 1.54) is 19.5 Å². The molecule has 2 rings (SSSR count). The number of aromatic nitrogens is 1. The number of hydrogen-bond donors (Lipinski definition) is 0. The maximum Gasteiger partial charge on any atom is 0.321 e. The van der Waals surface area contributed by atoms with Crippen LogP contribution in [0.5, 0.6) is 5.75 Å².